The maximum absolute atomic E-state index is 12.7. The van der Waals surface area contributed by atoms with Gasteiger partial charge in [-0.05, 0) is 30.5 Å². The number of hydrogen-bond donors (Lipinski definition) is 0. The summed E-state index contributed by atoms with van der Waals surface area (Å²) in [6, 6.07) is 9.81. The van der Waals surface area contributed by atoms with E-state index in [1.165, 1.54) is 0 Å². The standard InChI is InChI=1S/C18H18N4OS/c1-13-3-2-4-14(11-13)18(23)22-8-6-21(7-9-22)17-16-15(5-10-24-16)19-12-20-17/h2-5,10-12H,6-9H2,1H3. The molecule has 1 fully saturated rings. The zero-order valence-electron chi connectivity index (χ0n) is 13.5. The average molecular weight is 338 g/mol. The van der Waals surface area contributed by atoms with Crippen molar-refractivity contribution in [2.75, 3.05) is 31.1 Å². The topological polar surface area (TPSA) is 49.3 Å². The quantitative estimate of drug-likeness (QED) is 0.721. The number of rotatable bonds is 2. The van der Waals surface area contributed by atoms with E-state index in [0.29, 0.717) is 13.1 Å². The van der Waals surface area contributed by atoms with Crippen molar-refractivity contribution < 1.29 is 4.79 Å². The highest BCUT2D eigenvalue weighted by atomic mass is 32.1. The molecule has 0 aliphatic carbocycles. The van der Waals surface area contributed by atoms with Crippen LogP contribution in [0, 0.1) is 6.92 Å². The molecule has 4 rings (SSSR count). The second-order valence-electron chi connectivity index (χ2n) is 5.98. The lowest BCUT2D eigenvalue weighted by Crippen LogP contribution is -2.49. The van der Waals surface area contributed by atoms with Crippen molar-refractivity contribution in [2.45, 2.75) is 6.92 Å². The first kappa shape index (κ1) is 15.1. The molecule has 0 atom stereocenters. The van der Waals surface area contributed by atoms with Gasteiger partial charge in [-0.15, -0.1) is 11.3 Å². The highest BCUT2D eigenvalue weighted by Crippen LogP contribution is 2.28. The largest absolute Gasteiger partial charge is 0.352 e. The summed E-state index contributed by atoms with van der Waals surface area (Å²) < 4.78 is 1.12. The molecular weight excluding hydrogens is 320 g/mol. The molecular formula is C18H18N4OS. The smallest absolute Gasteiger partial charge is 0.253 e. The normalized spacial score (nSPS) is 15.0. The first-order chi connectivity index (χ1) is 11.7. The third kappa shape index (κ3) is 2.73. The third-order valence-corrected chi connectivity index (χ3v) is 5.26. The molecule has 0 saturated carbocycles. The van der Waals surface area contributed by atoms with Crippen molar-refractivity contribution in [3.63, 3.8) is 0 Å². The van der Waals surface area contributed by atoms with Gasteiger partial charge in [0.1, 0.15) is 12.1 Å². The lowest BCUT2D eigenvalue weighted by molar-refractivity contribution is 0.0746. The van der Waals surface area contributed by atoms with E-state index in [1.807, 2.05) is 47.5 Å². The Kier molecular flexibility index (Phi) is 3.90. The number of anilines is 1. The number of carbonyl (C=O) groups is 1. The lowest BCUT2D eigenvalue weighted by Gasteiger charge is -2.35. The SMILES string of the molecule is Cc1cccc(C(=O)N2CCN(c3ncnc4ccsc34)CC2)c1. The summed E-state index contributed by atoms with van der Waals surface area (Å²) in [5.41, 5.74) is 2.87. The van der Waals surface area contributed by atoms with Gasteiger partial charge in [0.05, 0.1) is 10.2 Å². The Balaban J connectivity index is 1.49. The Morgan fingerprint density at radius 1 is 1.12 bits per heavy atom. The molecule has 5 nitrogen and oxygen atoms in total. The van der Waals surface area contributed by atoms with Crippen LogP contribution in [-0.2, 0) is 0 Å². The Bertz CT molecular complexity index is 883. The van der Waals surface area contributed by atoms with Gasteiger partial charge < -0.3 is 9.80 Å². The van der Waals surface area contributed by atoms with Crippen molar-refractivity contribution in [3.05, 3.63) is 53.2 Å². The predicted octanol–water partition coefficient (Wildman–Crippen LogP) is 2.96. The van der Waals surface area contributed by atoms with E-state index in [9.17, 15) is 4.79 Å². The van der Waals surface area contributed by atoms with E-state index in [2.05, 4.69) is 14.9 Å². The minimum absolute atomic E-state index is 0.113. The third-order valence-electron chi connectivity index (χ3n) is 4.36. The van der Waals surface area contributed by atoms with Crippen LogP contribution >= 0.6 is 11.3 Å². The summed E-state index contributed by atoms with van der Waals surface area (Å²) in [6.07, 6.45) is 1.62. The molecule has 1 amide bonds. The first-order valence-corrected chi connectivity index (χ1v) is 8.89. The van der Waals surface area contributed by atoms with E-state index in [-0.39, 0.29) is 5.91 Å². The van der Waals surface area contributed by atoms with Crippen LogP contribution in [0.1, 0.15) is 15.9 Å². The van der Waals surface area contributed by atoms with E-state index < -0.39 is 0 Å². The summed E-state index contributed by atoms with van der Waals surface area (Å²) in [5.74, 6) is 1.10. The zero-order chi connectivity index (χ0) is 16.5. The minimum atomic E-state index is 0.113. The number of nitrogens with zero attached hydrogens (tertiary/aromatic N) is 4. The number of hydrogen-bond acceptors (Lipinski definition) is 5. The van der Waals surface area contributed by atoms with Gasteiger partial charge in [-0.2, -0.15) is 0 Å². The van der Waals surface area contributed by atoms with Gasteiger partial charge in [0.25, 0.3) is 5.91 Å². The molecule has 3 heterocycles. The molecule has 24 heavy (non-hydrogen) atoms. The van der Waals surface area contributed by atoms with E-state index in [0.717, 1.165) is 40.3 Å². The van der Waals surface area contributed by atoms with Crippen LogP contribution in [0.15, 0.2) is 42.0 Å². The fourth-order valence-electron chi connectivity index (χ4n) is 3.08. The predicted molar refractivity (Wildman–Crippen MR) is 96.7 cm³/mol. The molecule has 0 bridgehead atoms. The summed E-state index contributed by atoms with van der Waals surface area (Å²) in [5, 5.41) is 2.04. The Hall–Kier alpha value is -2.47. The van der Waals surface area contributed by atoms with Crippen LogP contribution < -0.4 is 4.90 Å². The lowest BCUT2D eigenvalue weighted by atomic mass is 10.1. The fraction of sp³-hybridized carbons (Fsp3) is 0.278. The molecule has 0 spiro atoms. The monoisotopic (exact) mass is 338 g/mol. The number of amides is 1. The molecule has 0 unspecified atom stereocenters. The molecule has 0 N–H and O–H groups in total. The molecule has 1 aliphatic heterocycles. The molecule has 6 heteroatoms. The van der Waals surface area contributed by atoms with Gasteiger partial charge in [0, 0.05) is 31.7 Å². The van der Waals surface area contributed by atoms with Gasteiger partial charge in [-0.3, -0.25) is 4.79 Å². The highest BCUT2D eigenvalue weighted by Gasteiger charge is 2.24. The van der Waals surface area contributed by atoms with Crippen LogP contribution in [-0.4, -0.2) is 47.0 Å². The van der Waals surface area contributed by atoms with Crippen molar-refractivity contribution in [3.8, 4) is 0 Å². The number of aryl methyl sites for hydroxylation is 1. The summed E-state index contributed by atoms with van der Waals surface area (Å²) in [6.45, 7) is 5.02. The number of fused-ring (bicyclic) bond motifs is 1. The molecule has 3 aromatic rings. The summed E-state index contributed by atoms with van der Waals surface area (Å²) in [7, 11) is 0. The van der Waals surface area contributed by atoms with Gasteiger partial charge in [-0.1, -0.05) is 17.7 Å². The molecule has 2 aromatic heterocycles. The second-order valence-corrected chi connectivity index (χ2v) is 6.90. The van der Waals surface area contributed by atoms with Crippen molar-refractivity contribution in [1.29, 1.82) is 0 Å². The molecule has 0 radical (unpaired) electrons. The van der Waals surface area contributed by atoms with E-state index in [4.69, 9.17) is 0 Å². The van der Waals surface area contributed by atoms with Gasteiger partial charge >= 0.3 is 0 Å². The van der Waals surface area contributed by atoms with Crippen molar-refractivity contribution in [2.24, 2.45) is 0 Å². The van der Waals surface area contributed by atoms with Crippen LogP contribution in [0.5, 0.6) is 0 Å². The Morgan fingerprint density at radius 3 is 2.75 bits per heavy atom. The van der Waals surface area contributed by atoms with Crippen molar-refractivity contribution >= 4 is 33.3 Å². The fourth-order valence-corrected chi connectivity index (χ4v) is 3.94. The molecule has 1 aromatic carbocycles. The van der Waals surface area contributed by atoms with E-state index in [1.54, 1.807) is 17.7 Å². The number of piperazine rings is 1. The Labute approximate surface area is 144 Å². The molecule has 122 valence electrons. The number of carbonyl (C=O) groups excluding carboxylic acids is 1. The van der Waals surface area contributed by atoms with Gasteiger partial charge in [0.2, 0.25) is 0 Å². The number of thiophene rings is 1. The maximum atomic E-state index is 12.7. The first-order valence-electron chi connectivity index (χ1n) is 8.01. The Morgan fingerprint density at radius 2 is 1.96 bits per heavy atom. The maximum Gasteiger partial charge on any atom is 0.253 e. The van der Waals surface area contributed by atoms with Gasteiger partial charge in [0.15, 0.2) is 0 Å². The highest BCUT2D eigenvalue weighted by molar-refractivity contribution is 7.17. The average Bonchev–Trinajstić information content (AvgIpc) is 3.10. The van der Waals surface area contributed by atoms with Crippen LogP contribution in [0.25, 0.3) is 10.2 Å². The number of aromatic nitrogens is 2. The van der Waals surface area contributed by atoms with Crippen LogP contribution in [0.3, 0.4) is 0 Å². The van der Waals surface area contributed by atoms with Crippen LogP contribution in [0.2, 0.25) is 0 Å². The number of benzene rings is 1. The van der Waals surface area contributed by atoms with Crippen molar-refractivity contribution in [1.82, 2.24) is 14.9 Å². The summed E-state index contributed by atoms with van der Waals surface area (Å²) >= 11 is 1.67. The van der Waals surface area contributed by atoms with E-state index >= 15 is 0 Å². The van der Waals surface area contributed by atoms with Crippen LogP contribution in [0.4, 0.5) is 5.82 Å². The minimum Gasteiger partial charge on any atom is -0.352 e. The zero-order valence-corrected chi connectivity index (χ0v) is 14.3. The molecule has 1 saturated heterocycles. The summed E-state index contributed by atoms with van der Waals surface area (Å²) in [4.78, 5) is 25.6. The second kappa shape index (κ2) is 6.20. The molecule has 1 aliphatic rings. The van der Waals surface area contributed by atoms with Gasteiger partial charge in [-0.25, -0.2) is 9.97 Å².